The molecule has 0 radical (unpaired) electrons. The minimum Gasteiger partial charge on any atom is -0.469 e. The van der Waals surface area contributed by atoms with Crippen LogP contribution in [0.3, 0.4) is 0 Å². The van der Waals surface area contributed by atoms with Gasteiger partial charge in [-0.1, -0.05) is 12.8 Å². The lowest BCUT2D eigenvalue weighted by Crippen LogP contribution is -2.34. The Bertz CT molecular complexity index is 238. The molecule has 0 spiro atoms. The number of carbonyl (C=O) groups is 1. The normalized spacial score (nSPS) is 17.6. The van der Waals surface area contributed by atoms with E-state index in [1.165, 1.54) is 52.4 Å². The van der Waals surface area contributed by atoms with Gasteiger partial charge in [0.2, 0.25) is 0 Å². The second-order valence-corrected chi connectivity index (χ2v) is 5.54. The van der Waals surface area contributed by atoms with Gasteiger partial charge in [0, 0.05) is 13.0 Å². The van der Waals surface area contributed by atoms with E-state index in [-0.39, 0.29) is 5.97 Å². The lowest BCUT2D eigenvalue weighted by molar-refractivity contribution is -0.141. The third kappa shape index (κ3) is 7.53. The van der Waals surface area contributed by atoms with Gasteiger partial charge in [0.1, 0.15) is 0 Å². The van der Waals surface area contributed by atoms with Crippen LogP contribution in [0.4, 0.5) is 0 Å². The van der Waals surface area contributed by atoms with Crippen molar-refractivity contribution in [1.82, 2.24) is 4.90 Å². The number of esters is 1. The molecule has 0 aromatic rings. The van der Waals surface area contributed by atoms with E-state index in [0.29, 0.717) is 18.9 Å². The summed E-state index contributed by atoms with van der Waals surface area (Å²) in [6.07, 6.45) is 8.54. The number of nitrogens with zero attached hydrogens (tertiary/aromatic N) is 1. The fourth-order valence-corrected chi connectivity index (χ4v) is 2.72. The highest BCUT2D eigenvalue weighted by Gasteiger charge is 2.19. The van der Waals surface area contributed by atoms with Crippen LogP contribution in [0, 0.1) is 5.92 Å². The first kappa shape index (κ1) is 16.4. The Labute approximate surface area is 117 Å². The average Bonchev–Trinajstić information content (AvgIpc) is 2.45. The molecule has 1 fully saturated rings. The molecule has 0 aromatic heterocycles. The van der Waals surface area contributed by atoms with E-state index in [1.807, 2.05) is 0 Å². The summed E-state index contributed by atoms with van der Waals surface area (Å²) in [4.78, 5) is 13.6. The van der Waals surface area contributed by atoms with Crippen molar-refractivity contribution in [1.29, 1.82) is 0 Å². The SMILES string of the molecule is COC(=O)CCC1CCN(CCCCCCO)CC1. The van der Waals surface area contributed by atoms with Gasteiger partial charge >= 0.3 is 5.97 Å². The lowest BCUT2D eigenvalue weighted by Gasteiger charge is -2.31. The summed E-state index contributed by atoms with van der Waals surface area (Å²) in [5, 5.41) is 8.71. The summed E-state index contributed by atoms with van der Waals surface area (Å²) in [7, 11) is 1.46. The number of ether oxygens (including phenoxy) is 1. The maximum Gasteiger partial charge on any atom is 0.305 e. The molecule has 0 unspecified atom stereocenters. The fraction of sp³-hybridized carbons (Fsp3) is 0.933. The van der Waals surface area contributed by atoms with E-state index in [0.717, 1.165) is 19.3 Å². The highest BCUT2D eigenvalue weighted by molar-refractivity contribution is 5.69. The van der Waals surface area contributed by atoms with Crippen molar-refractivity contribution in [2.45, 2.75) is 51.4 Å². The molecule has 4 heteroatoms. The van der Waals surface area contributed by atoms with Crippen molar-refractivity contribution in [3.05, 3.63) is 0 Å². The summed E-state index contributed by atoms with van der Waals surface area (Å²) in [6.45, 7) is 3.86. The second-order valence-electron chi connectivity index (χ2n) is 5.54. The van der Waals surface area contributed by atoms with Gasteiger partial charge in [-0.3, -0.25) is 4.79 Å². The summed E-state index contributed by atoms with van der Waals surface area (Å²) in [6, 6.07) is 0. The molecule has 0 saturated carbocycles. The molecule has 4 nitrogen and oxygen atoms in total. The number of rotatable bonds is 9. The van der Waals surface area contributed by atoms with Crippen LogP contribution in [0.15, 0.2) is 0 Å². The van der Waals surface area contributed by atoms with Crippen LogP contribution < -0.4 is 0 Å². The summed E-state index contributed by atoms with van der Waals surface area (Å²) in [5.74, 6) is 0.621. The zero-order chi connectivity index (χ0) is 13.9. The van der Waals surface area contributed by atoms with Crippen molar-refractivity contribution in [3.63, 3.8) is 0 Å². The Kier molecular flexibility index (Phi) is 8.84. The first-order valence-corrected chi connectivity index (χ1v) is 7.66. The Morgan fingerprint density at radius 1 is 1.21 bits per heavy atom. The van der Waals surface area contributed by atoms with E-state index in [2.05, 4.69) is 9.64 Å². The average molecular weight is 271 g/mol. The smallest absolute Gasteiger partial charge is 0.305 e. The van der Waals surface area contributed by atoms with Crippen molar-refractivity contribution < 1.29 is 14.6 Å². The summed E-state index contributed by atoms with van der Waals surface area (Å²) in [5.41, 5.74) is 0. The molecule has 0 atom stereocenters. The minimum absolute atomic E-state index is 0.0775. The Morgan fingerprint density at radius 2 is 1.89 bits per heavy atom. The first-order valence-electron chi connectivity index (χ1n) is 7.66. The van der Waals surface area contributed by atoms with E-state index >= 15 is 0 Å². The molecular formula is C15H29NO3. The number of likely N-dealkylation sites (tertiary alicyclic amines) is 1. The van der Waals surface area contributed by atoms with Crippen LogP contribution >= 0.6 is 0 Å². The number of aliphatic hydroxyl groups excluding tert-OH is 1. The van der Waals surface area contributed by atoms with Crippen molar-refractivity contribution in [3.8, 4) is 0 Å². The van der Waals surface area contributed by atoms with Crippen LogP contribution in [0.2, 0.25) is 0 Å². The van der Waals surface area contributed by atoms with Gasteiger partial charge in [-0.25, -0.2) is 0 Å². The molecule has 0 bridgehead atoms. The quantitative estimate of drug-likeness (QED) is 0.516. The topological polar surface area (TPSA) is 49.8 Å². The molecule has 0 amide bonds. The molecule has 112 valence electrons. The summed E-state index contributed by atoms with van der Waals surface area (Å²) >= 11 is 0. The molecule has 19 heavy (non-hydrogen) atoms. The third-order valence-corrected chi connectivity index (χ3v) is 4.07. The second kappa shape index (κ2) is 10.2. The molecule has 1 saturated heterocycles. The highest BCUT2D eigenvalue weighted by atomic mass is 16.5. The van der Waals surface area contributed by atoms with E-state index in [4.69, 9.17) is 5.11 Å². The first-order chi connectivity index (χ1) is 9.26. The monoisotopic (exact) mass is 271 g/mol. The molecule has 1 aliphatic rings. The summed E-state index contributed by atoms with van der Waals surface area (Å²) < 4.78 is 4.68. The van der Waals surface area contributed by atoms with Gasteiger partial charge in [-0.15, -0.1) is 0 Å². The molecule has 1 aliphatic heterocycles. The largest absolute Gasteiger partial charge is 0.469 e. The number of methoxy groups -OCH3 is 1. The Morgan fingerprint density at radius 3 is 2.53 bits per heavy atom. The van der Waals surface area contributed by atoms with E-state index in [9.17, 15) is 4.79 Å². The van der Waals surface area contributed by atoms with Crippen molar-refractivity contribution >= 4 is 5.97 Å². The number of aliphatic hydroxyl groups is 1. The number of unbranched alkanes of at least 4 members (excludes halogenated alkanes) is 3. The van der Waals surface area contributed by atoms with Gasteiger partial charge in [0.25, 0.3) is 0 Å². The maximum atomic E-state index is 11.1. The molecule has 1 heterocycles. The van der Waals surface area contributed by atoms with Crippen LogP contribution in [0.25, 0.3) is 0 Å². The fourth-order valence-electron chi connectivity index (χ4n) is 2.72. The van der Waals surface area contributed by atoms with Gasteiger partial charge in [0.05, 0.1) is 7.11 Å². The van der Waals surface area contributed by atoms with E-state index in [1.54, 1.807) is 0 Å². The van der Waals surface area contributed by atoms with Crippen LogP contribution in [-0.4, -0.2) is 49.3 Å². The standard InChI is InChI=1S/C15H29NO3/c1-19-15(18)7-6-14-8-11-16(12-9-14)10-4-2-3-5-13-17/h14,17H,2-13H2,1H3. The van der Waals surface area contributed by atoms with Gasteiger partial charge in [-0.05, 0) is 57.7 Å². The predicted octanol–water partition coefficient (Wildman–Crippen LogP) is 2.20. The number of hydrogen-bond donors (Lipinski definition) is 1. The molecule has 1 rings (SSSR count). The van der Waals surface area contributed by atoms with Crippen LogP contribution in [0.5, 0.6) is 0 Å². The highest BCUT2D eigenvalue weighted by Crippen LogP contribution is 2.22. The zero-order valence-electron chi connectivity index (χ0n) is 12.3. The Balaban J connectivity index is 2.00. The minimum atomic E-state index is -0.0775. The van der Waals surface area contributed by atoms with Crippen molar-refractivity contribution in [2.24, 2.45) is 5.92 Å². The van der Waals surface area contributed by atoms with Crippen LogP contribution in [0.1, 0.15) is 51.4 Å². The van der Waals surface area contributed by atoms with E-state index < -0.39 is 0 Å². The van der Waals surface area contributed by atoms with Crippen molar-refractivity contribution in [2.75, 3.05) is 33.4 Å². The third-order valence-electron chi connectivity index (χ3n) is 4.07. The Hall–Kier alpha value is -0.610. The zero-order valence-corrected chi connectivity index (χ0v) is 12.3. The molecule has 0 aromatic carbocycles. The number of hydrogen-bond acceptors (Lipinski definition) is 4. The number of piperidine rings is 1. The maximum absolute atomic E-state index is 11.1. The lowest BCUT2D eigenvalue weighted by atomic mass is 9.92. The van der Waals surface area contributed by atoms with Gasteiger partial charge in [-0.2, -0.15) is 0 Å². The van der Waals surface area contributed by atoms with Gasteiger partial charge in [0.15, 0.2) is 0 Å². The van der Waals surface area contributed by atoms with Crippen LogP contribution in [-0.2, 0) is 9.53 Å². The predicted molar refractivity (Wildman–Crippen MR) is 76.0 cm³/mol. The van der Waals surface area contributed by atoms with Gasteiger partial charge < -0.3 is 14.7 Å². The number of carbonyl (C=O) groups excluding carboxylic acids is 1. The molecule has 1 N–H and O–H groups in total. The molecule has 0 aliphatic carbocycles. The molecular weight excluding hydrogens is 242 g/mol.